The summed E-state index contributed by atoms with van der Waals surface area (Å²) >= 11 is 0. The highest BCUT2D eigenvalue weighted by molar-refractivity contribution is 5.81. The quantitative estimate of drug-likeness (QED) is 0.897. The van der Waals surface area contributed by atoms with Crippen LogP contribution in [-0.4, -0.2) is 46.6 Å². The minimum absolute atomic E-state index is 0.00574. The summed E-state index contributed by atoms with van der Waals surface area (Å²) in [6.07, 6.45) is 4.80. The number of aryl methyl sites for hydroxylation is 1. The van der Waals surface area contributed by atoms with Crippen molar-refractivity contribution in [3.63, 3.8) is 0 Å². The van der Waals surface area contributed by atoms with Gasteiger partial charge in [0.1, 0.15) is 5.75 Å². The van der Waals surface area contributed by atoms with Gasteiger partial charge in [-0.05, 0) is 42.2 Å². The van der Waals surface area contributed by atoms with E-state index >= 15 is 0 Å². The molecule has 2 aromatic rings. The van der Waals surface area contributed by atoms with Crippen LogP contribution in [0.5, 0.6) is 5.75 Å². The minimum atomic E-state index is -0.987. The van der Waals surface area contributed by atoms with Crippen LogP contribution in [0.3, 0.4) is 0 Å². The monoisotopic (exact) mass is 366 g/mol. The molecule has 0 bridgehead atoms. The molecular formula is C21H22N2O4. The molecule has 0 aliphatic carbocycles. The predicted octanol–water partition coefficient (Wildman–Crippen LogP) is 2.18. The summed E-state index contributed by atoms with van der Waals surface area (Å²) < 4.78 is 5.89. The number of aromatic nitrogens is 1. The number of fused-ring (bicyclic) bond motifs is 2. The summed E-state index contributed by atoms with van der Waals surface area (Å²) in [5.41, 5.74) is 0.962. The van der Waals surface area contributed by atoms with Crippen LogP contribution in [0.25, 0.3) is 0 Å². The van der Waals surface area contributed by atoms with E-state index in [1.165, 1.54) is 0 Å². The highest BCUT2D eigenvalue weighted by Gasteiger charge is 2.55. The number of benzene rings is 1. The number of hydrogen-bond acceptors (Lipinski definition) is 4. The number of amides is 1. The first-order chi connectivity index (χ1) is 13.1. The van der Waals surface area contributed by atoms with Gasteiger partial charge < -0.3 is 14.7 Å². The number of carboxylic acid groups (broad SMARTS) is 1. The number of ether oxygens (including phenoxy) is 1. The van der Waals surface area contributed by atoms with E-state index < -0.39 is 11.4 Å². The SMILES string of the molecule is O=C(CCc1ccncc1)N1C[C@H]2COc3ccccc3C[C@@]2(C(=O)O)C1. The lowest BCUT2D eigenvalue weighted by Gasteiger charge is -2.27. The fourth-order valence-corrected chi connectivity index (χ4v) is 4.18. The van der Waals surface area contributed by atoms with Crippen LogP contribution in [0.1, 0.15) is 17.5 Å². The number of hydrogen-bond donors (Lipinski definition) is 1. The van der Waals surface area contributed by atoms with E-state index in [2.05, 4.69) is 4.98 Å². The second kappa shape index (κ2) is 7.02. The Morgan fingerprint density at radius 1 is 1.22 bits per heavy atom. The van der Waals surface area contributed by atoms with Crippen molar-refractivity contribution >= 4 is 11.9 Å². The number of carbonyl (C=O) groups is 2. The summed E-state index contributed by atoms with van der Waals surface area (Å²) in [5, 5.41) is 10.1. The lowest BCUT2D eigenvalue weighted by molar-refractivity contribution is -0.151. The van der Waals surface area contributed by atoms with E-state index in [4.69, 9.17) is 4.74 Å². The van der Waals surface area contributed by atoms with Crippen molar-refractivity contribution in [1.29, 1.82) is 0 Å². The third kappa shape index (κ3) is 3.27. The Kier molecular flexibility index (Phi) is 4.56. The molecule has 1 aromatic carbocycles. The molecule has 1 amide bonds. The van der Waals surface area contributed by atoms with Gasteiger partial charge in [0.15, 0.2) is 0 Å². The first-order valence-corrected chi connectivity index (χ1v) is 9.19. The third-order valence-corrected chi connectivity index (χ3v) is 5.77. The number of pyridine rings is 1. The van der Waals surface area contributed by atoms with Gasteiger partial charge in [-0.25, -0.2) is 0 Å². The molecule has 0 saturated carbocycles. The van der Waals surface area contributed by atoms with Crippen molar-refractivity contribution in [2.45, 2.75) is 19.3 Å². The number of rotatable bonds is 4. The van der Waals surface area contributed by atoms with Crippen LogP contribution >= 0.6 is 0 Å². The van der Waals surface area contributed by atoms with Crippen LogP contribution in [0, 0.1) is 11.3 Å². The first-order valence-electron chi connectivity index (χ1n) is 9.19. The van der Waals surface area contributed by atoms with Gasteiger partial charge in [-0.2, -0.15) is 0 Å². The molecule has 27 heavy (non-hydrogen) atoms. The molecule has 1 aromatic heterocycles. The molecule has 2 aliphatic heterocycles. The molecule has 6 nitrogen and oxygen atoms in total. The highest BCUT2D eigenvalue weighted by atomic mass is 16.5. The smallest absolute Gasteiger partial charge is 0.312 e. The molecule has 0 spiro atoms. The van der Waals surface area contributed by atoms with Crippen LogP contribution in [0.15, 0.2) is 48.8 Å². The van der Waals surface area contributed by atoms with E-state index in [1.54, 1.807) is 17.3 Å². The summed E-state index contributed by atoms with van der Waals surface area (Å²) in [6.45, 7) is 0.979. The Hall–Kier alpha value is -2.89. The Labute approximate surface area is 157 Å². The summed E-state index contributed by atoms with van der Waals surface area (Å²) in [4.78, 5) is 30.7. The fraction of sp³-hybridized carbons (Fsp3) is 0.381. The number of likely N-dealkylation sites (tertiary alicyclic amines) is 1. The van der Waals surface area contributed by atoms with Crippen molar-refractivity contribution in [2.24, 2.45) is 11.3 Å². The number of aliphatic carboxylic acids is 1. The van der Waals surface area contributed by atoms with E-state index in [-0.39, 0.29) is 18.4 Å². The second-order valence-corrected chi connectivity index (χ2v) is 7.38. The van der Waals surface area contributed by atoms with E-state index in [9.17, 15) is 14.7 Å². The zero-order valence-corrected chi connectivity index (χ0v) is 15.0. The molecule has 3 heterocycles. The maximum Gasteiger partial charge on any atom is 0.312 e. The van der Waals surface area contributed by atoms with Gasteiger partial charge in [0, 0.05) is 37.8 Å². The molecule has 2 aliphatic rings. The molecule has 4 rings (SSSR count). The highest BCUT2D eigenvalue weighted by Crippen LogP contribution is 2.44. The number of para-hydroxylation sites is 1. The standard InChI is InChI=1S/C21H22N2O4/c24-19(6-5-15-7-9-22-10-8-15)23-12-17-13-27-18-4-2-1-3-16(18)11-21(17,14-23)20(25)26/h1-4,7-10,17H,5-6,11-14H2,(H,25,26)/t17-,21+/m0/s1. The lowest BCUT2D eigenvalue weighted by atomic mass is 9.74. The van der Waals surface area contributed by atoms with Crippen molar-refractivity contribution < 1.29 is 19.4 Å². The maximum absolute atomic E-state index is 12.7. The first kappa shape index (κ1) is 17.5. The molecule has 6 heteroatoms. The largest absolute Gasteiger partial charge is 0.493 e. The van der Waals surface area contributed by atoms with Crippen LogP contribution < -0.4 is 4.74 Å². The number of carbonyl (C=O) groups excluding carboxylic acids is 1. The van der Waals surface area contributed by atoms with E-state index in [0.29, 0.717) is 32.4 Å². The molecular weight excluding hydrogens is 344 g/mol. The average molecular weight is 366 g/mol. The van der Waals surface area contributed by atoms with Crippen LogP contribution in [0.2, 0.25) is 0 Å². The molecule has 0 radical (unpaired) electrons. The fourth-order valence-electron chi connectivity index (χ4n) is 4.18. The van der Waals surface area contributed by atoms with Gasteiger partial charge in [-0.1, -0.05) is 18.2 Å². The average Bonchev–Trinajstić information content (AvgIpc) is 2.98. The van der Waals surface area contributed by atoms with Gasteiger partial charge in [0.2, 0.25) is 5.91 Å². The van der Waals surface area contributed by atoms with Crippen LogP contribution in [-0.2, 0) is 22.4 Å². The van der Waals surface area contributed by atoms with Crippen molar-refractivity contribution in [3.05, 3.63) is 59.9 Å². The van der Waals surface area contributed by atoms with Crippen LogP contribution in [0.4, 0.5) is 0 Å². The summed E-state index contributed by atoms with van der Waals surface area (Å²) in [5.74, 6) is -0.318. The Morgan fingerprint density at radius 2 is 2.00 bits per heavy atom. The Bertz CT molecular complexity index is 854. The molecule has 1 saturated heterocycles. The topological polar surface area (TPSA) is 79.7 Å². The van der Waals surface area contributed by atoms with Crippen molar-refractivity contribution in [3.8, 4) is 5.75 Å². The predicted molar refractivity (Wildman–Crippen MR) is 98.3 cm³/mol. The zero-order chi connectivity index (χ0) is 18.9. The summed E-state index contributed by atoms with van der Waals surface area (Å²) in [6, 6.07) is 11.4. The lowest BCUT2D eigenvalue weighted by Crippen LogP contribution is -2.42. The van der Waals surface area contributed by atoms with Crippen molar-refractivity contribution in [1.82, 2.24) is 9.88 Å². The van der Waals surface area contributed by atoms with Gasteiger partial charge in [0.25, 0.3) is 0 Å². The van der Waals surface area contributed by atoms with Gasteiger partial charge in [-0.3, -0.25) is 14.6 Å². The van der Waals surface area contributed by atoms with Crippen molar-refractivity contribution in [2.75, 3.05) is 19.7 Å². The second-order valence-electron chi connectivity index (χ2n) is 7.38. The van der Waals surface area contributed by atoms with E-state index in [1.807, 2.05) is 36.4 Å². The van der Waals surface area contributed by atoms with Gasteiger partial charge >= 0.3 is 5.97 Å². The third-order valence-electron chi connectivity index (χ3n) is 5.77. The number of nitrogens with zero attached hydrogens (tertiary/aromatic N) is 2. The molecule has 1 N–H and O–H groups in total. The molecule has 1 fully saturated rings. The molecule has 0 unspecified atom stereocenters. The molecule has 2 atom stereocenters. The van der Waals surface area contributed by atoms with Gasteiger partial charge in [-0.15, -0.1) is 0 Å². The maximum atomic E-state index is 12.7. The zero-order valence-electron chi connectivity index (χ0n) is 15.0. The normalized spacial score (nSPS) is 23.7. The number of carboxylic acids is 1. The Morgan fingerprint density at radius 3 is 2.78 bits per heavy atom. The van der Waals surface area contributed by atoms with E-state index in [0.717, 1.165) is 16.9 Å². The minimum Gasteiger partial charge on any atom is -0.493 e. The molecule has 140 valence electrons. The summed E-state index contributed by atoms with van der Waals surface area (Å²) in [7, 11) is 0. The van der Waals surface area contributed by atoms with Gasteiger partial charge in [0.05, 0.1) is 12.0 Å². The Balaban J connectivity index is 1.51.